The van der Waals surface area contributed by atoms with E-state index in [0.717, 1.165) is 42.1 Å². The van der Waals surface area contributed by atoms with Crippen molar-refractivity contribution >= 4 is 34.7 Å². The molecule has 0 radical (unpaired) electrons. The van der Waals surface area contributed by atoms with Crippen molar-refractivity contribution in [1.29, 1.82) is 0 Å². The molecule has 0 unspecified atom stereocenters. The Bertz CT molecular complexity index is 1230. The molecule has 0 saturated heterocycles. The summed E-state index contributed by atoms with van der Waals surface area (Å²) in [6.45, 7) is 9.68. The van der Waals surface area contributed by atoms with Gasteiger partial charge in [0, 0.05) is 18.0 Å². The predicted molar refractivity (Wildman–Crippen MR) is 131 cm³/mol. The van der Waals surface area contributed by atoms with E-state index in [2.05, 4.69) is 38.8 Å². The van der Waals surface area contributed by atoms with Crippen LogP contribution in [0.2, 0.25) is 0 Å². The van der Waals surface area contributed by atoms with Gasteiger partial charge in [-0.25, -0.2) is 4.98 Å². The number of thioether (sulfide) groups is 1. The van der Waals surface area contributed by atoms with E-state index in [0.29, 0.717) is 29.0 Å². The lowest BCUT2D eigenvalue weighted by molar-refractivity contribution is 0.102. The van der Waals surface area contributed by atoms with Crippen LogP contribution in [0.4, 0.5) is 5.95 Å². The molecule has 0 atom stereocenters. The van der Waals surface area contributed by atoms with Crippen LogP contribution in [0.3, 0.4) is 0 Å². The van der Waals surface area contributed by atoms with Crippen molar-refractivity contribution in [3.05, 3.63) is 65.8 Å². The van der Waals surface area contributed by atoms with Gasteiger partial charge in [0.15, 0.2) is 5.82 Å². The molecule has 2 aromatic heterocycles. The Morgan fingerprint density at radius 2 is 1.85 bits per heavy atom. The molecule has 0 saturated carbocycles. The number of anilines is 1. The fourth-order valence-corrected chi connectivity index (χ4v) is 4.55. The lowest BCUT2D eigenvalue weighted by Gasteiger charge is -2.19. The number of nitrogens with zero attached hydrogens (tertiary/aromatic N) is 5. The summed E-state index contributed by atoms with van der Waals surface area (Å²) < 4.78 is 7.28. The number of amides is 1. The lowest BCUT2D eigenvalue weighted by Crippen LogP contribution is -2.27. The molecule has 0 fully saturated rings. The fraction of sp³-hybridized carbons (Fsp3) is 0.333. The van der Waals surface area contributed by atoms with Crippen molar-refractivity contribution in [2.24, 2.45) is 0 Å². The first kappa shape index (κ1) is 23.0. The van der Waals surface area contributed by atoms with Crippen molar-refractivity contribution in [1.82, 2.24) is 24.6 Å². The molecule has 0 spiro atoms. The lowest BCUT2D eigenvalue weighted by atomic mass is 10.2. The van der Waals surface area contributed by atoms with Gasteiger partial charge in [0.2, 0.25) is 11.8 Å². The van der Waals surface area contributed by atoms with Gasteiger partial charge in [-0.05, 0) is 44.3 Å². The van der Waals surface area contributed by atoms with Crippen LogP contribution in [0.1, 0.15) is 35.9 Å². The highest BCUT2D eigenvalue weighted by Crippen LogP contribution is 2.27. The molecule has 8 nitrogen and oxygen atoms in total. The molecule has 0 aliphatic carbocycles. The molecule has 172 valence electrons. The number of rotatable bonds is 10. The molecule has 4 aromatic rings. The summed E-state index contributed by atoms with van der Waals surface area (Å²) in [5.41, 5.74) is 2.46. The average Bonchev–Trinajstić information content (AvgIpc) is 3.41. The summed E-state index contributed by atoms with van der Waals surface area (Å²) in [5, 5.41) is 6.87. The van der Waals surface area contributed by atoms with Crippen LogP contribution in [-0.2, 0) is 12.3 Å². The van der Waals surface area contributed by atoms with Gasteiger partial charge >= 0.3 is 0 Å². The van der Waals surface area contributed by atoms with E-state index in [1.165, 1.54) is 11.8 Å². The third-order valence-corrected chi connectivity index (χ3v) is 6.52. The third kappa shape index (κ3) is 5.43. The number of imidazole rings is 1. The van der Waals surface area contributed by atoms with Gasteiger partial charge < -0.3 is 14.0 Å². The Labute approximate surface area is 197 Å². The van der Waals surface area contributed by atoms with E-state index < -0.39 is 0 Å². The number of carbonyl (C=O) groups excluding carboxylic acids is 1. The normalized spacial score (nSPS) is 11.4. The first-order valence-electron chi connectivity index (χ1n) is 11.1. The number of carbonyl (C=O) groups is 1. The SMILES string of the molecule is CCN(CC)CCn1c(NC(=O)c2ccccc2SCc2nc(C)no2)nc2ccccc21. The first-order valence-corrected chi connectivity index (χ1v) is 12.1. The molecule has 0 aliphatic heterocycles. The topological polar surface area (TPSA) is 89.1 Å². The quantitative estimate of drug-likeness (QED) is 0.343. The molecule has 1 N–H and O–H groups in total. The maximum atomic E-state index is 13.3. The van der Waals surface area contributed by atoms with Crippen molar-refractivity contribution in [2.75, 3.05) is 25.0 Å². The van der Waals surface area contributed by atoms with E-state index in [9.17, 15) is 4.79 Å². The van der Waals surface area contributed by atoms with Crippen LogP contribution in [0.15, 0.2) is 57.9 Å². The average molecular weight is 465 g/mol. The summed E-state index contributed by atoms with van der Waals surface area (Å²) in [5.74, 6) is 1.99. The molecular formula is C24H28N6O2S. The number of nitrogens with one attached hydrogen (secondary N) is 1. The number of hydrogen-bond acceptors (Lipinski definition) is 7. The molecule has 0 aliphatic rings. The van der Waals surface area contributed by atoms with Gasteiger partial charge in [-0.2, -0.15) is 4.98 Å². The molecule has 9 heteroatoms. The highest BCUT2D eigenvalue weighted by Gasteiger charge is 2.18. The number of benzene rings is 2. The zero-order chi connectivity index (χ0) is 23.2. The third-order valence-electron chi connectivity index (χ3n) is 5.47. The second kappa shape index (κ2) is 10.6. The standard InChI is InChI=1S/C24H28N6O2S/c1-4-29(5-2)14-15-30-20-12-8-7-11-19(20)26-24(30)27-23(31)18-10-6-9-13-21(18)33-16-22-25-17(3)28-32-22/h6-13H,4-5,14-16H2,1-3H3,(H,26,27,31). The van der Waals surface area contributed by atoms with Crippen molar-refractivity contribution in [3.63, 3.8) is 0 Å². The number of aryl methyl sites for hydroxylation is 1. The Kier molecular flexibility index (Phi) is 7.41. The molecule has 2 aromatic carbocycles. The molecular weight excluding hydrogens is 436 g/mol. The zero-order valence-electron chi connectivity index (χ0n) is 19.1. The smallest absolute Gasteiger partial charge is 0.259 e. The van der Waals surface area contributed by atoms with E-state index in [-0.39, 0.29) is 5.91 Å². The van der Waals surface area contributed by atoms with Gasteiger partial charge in [-0.3, -0.25) is 10.1 Å². The van der Waals surface area contributed by atoms with Gasteiger partial charge in [-0.15, -0.1) is 11.8 Å². The van der Waals surface area contributed by atoms with Crippen LogP contribution in [0.25, 0.3) is 11.0 Å². The van der Waals surface area contributed by atoms with Crippen LogP contribution in [-0.4, -0.2) is 50.1 Å². The van der Waals surface area contributed by atoms with E-state index in [1.54, 1.807) is 6.92 Å². The zero-order valence-corrected chi connectivity index (χ0v) is 19.9. The predicted octanol–water partition coefficient (Wildman–Crippen LogP) is 4.61. The summed E-state index contributed by atoms with van der Waals surface area (Å²) in [7, 11) is 0. The Morgan fingerprint density at radius 1 is 1.09 bits per heavy atom. The van der Waals surface area contributed by atoms with Gasteiger partial charge in [0.25, 0.3) is 5.91 Å². The summed E-state index contributed by atoms with van der Waals surface area (Å²) in [6, 6.07) is 15.5. The molecule has 1 amide bonds. The summed E-state index contributed by atoms with van der Waals surface area (Å²) >= 11 is 1.49. The van der Waals surface area contributed by atoms with Crippen LogP contribution >= 0.6 is 11.8 Å². The van der Waals surface area contributed by atoms with E-state index in [4.69, 9.17) is 9.51 Å². The molecule has 4 rings (SSSR count). The minimum Gasteiger partial charge on any atom is -0.338 e. The van der Waals surface area contributed by atoms with Crippen molar-refractivity contribution < 1.29 is 9.32 Å². The largest absolute Gasteiger partial charge is 0.338 e. The van der Waals surface area contributed by atoms with Crippen LogP contribution in [0.5, 0.6) is 0 Å². The maximum Gasteiger partial charge on any atom is 0.259 e. The monoisotopic (exact) mass is 464 g/mol. The molecule has 33 heavy (non-hydrogen) atoms. The van der Waals surface area contributed by atoms with E-state index >= 15 is 0 Å². The minimum atomic E-state index is -0.195. The van der Waals surface area contributed by atoms with Crippen molar-refractivity contribution in [2.45, 2.75) is 38.0 Å². The van der Waals surface area contributed by atoms with Crippen LogP contribution < -0.4 is 5.32 Å². The molecule has 2 heterocycles. The highest BCUT2D eigenvalue weighted by atomic mass is 32.2. The number of fused-ring (bicyclic) bond motifs is 1. The van der Waals surface area contributed by atoms with Crippen molar-refractivity contribution in [3.8, 4) is 0 Å². The highest BCUT2D eigenvalue weighted by molar-refractivity contribution is 7.98. The number of hydrogen-bond donors (Lipinski definition) is 1. The fourth-order valence-electron chi connectivity index (χ4n) is 3.67. The number of likely N-dealkylation sites (N-methyl/N-ethyl adjacent to an activating group) is 1. The number of aromatic nitrogens is 4. The van der Waals surface area contributed by atoms with Gasteiger partial charge in [0.05, 0.1) is 22.3 Å². The van der Waals surface area contributed by atoms with Gasteiger partial charge in [-0.1, -0.05) is 43.3 Å². The maximum absolute atomic E-state index is 13.3. The van der Waals surface area contributed by atoms with E-state index in [1.807, 2.05) is 48.5 Å². The second-order valence-corrected chi connectivity index (χ2v) is 8.59. The van der Waals surface area contributed by atoms with Crippen LogP contribution in [0, 0.1) is 6.92 Å². The Morgan fingerprint density at radius 3 is 2.61 bits per heavy atom. The Hall–Kier alpha value is -3.17. The number of para-hydroxylation sites is 2. The summed E-state index contributed by atoms with van der Waals surface area (Å²) in [6.07, 6.45) is 0. The first-order chi connectivity index (χ1) is 16.1. The Balaban J connectivity index is 1.56. The van der Waals surface area contributed by atoms with Gasteiger partial charge in [0.1, 0.15) is 0 Å². The minimum absolute atomic E-state index is 0.195. The molecule has 0 bridgehead atoms. The second-order valence-electron chi connectivity index (χ2n) is 7.58. The summed E-state index contributed by atoms with van der Waals surface area (Å²) in [4.78, 5) is 25.4.